The second kappa shape index (κ2) is 7.99. The van der Waals surface area contributed by atoms with E-state index >= 15 is 0 Å². The molecule has 0 atom stereocenters. The molecule has 1 aliphatic rings. The molecule has 0 unspecified atom stereocenters. The summed E-state index contributed by atoms with van der Waals surface area (Å²) >= 11 is 1.61. The molecule has 2 N–H and O–H groups in total. The van der Waals surface area contributed by atoms with Crippen molar-refractivity contribution in [3.63, 3.8) is 0 Å². The molecule has 0 spiro atoms. The molecule has 140 valence electrons. The number of nitrogens with one attached hydrogen (secondary N) is 2. The summed E-state index contributed by atoms with van der Waals surface area (Å²) in [6.45, 7) is 3.92. The first-order chi connectivity index (χ1) is 12.5. The quantitative estimate of drug-likeness (QED) is 0.796. The highest BCUT2D eigenvalue weighted by Gasteiger charge is 2.20. The highest BCUT2D eigenvalue weighted by molar-refractivity contribution is 7.18. The lowest BCUT2D eigenvalue weighted by Crippen LogP contribution is -2.40. The van der Waals surface area contributed by atoms with Crippen LogP contribution in [-0.4, -0.2) is 34.0 Å². The molecule has 2 aromatic heterocycles. The van der Waals surface area contributed by atoms with Gasteiger partial charge < -0.3 is 10.6 Å². The molecule has 0 aliphatic heterocycles. The van der Waals surface area contributed by atoms with Crippen LogP contribution in [0.15, 0.2) is 11.1 Å². The van der Waals surface area contributed by atoms with Crippen LogP contribution in [0.4, 0.5) is 0 Å². The molecule has 0 aromatic carbocycles. The summed E-state index contributed by atoms with van der Waals surface area (Å²) in [5.74, 6) is -0.484. The van der Waals surface area contributed by atoms with E-state index in [1.165, 1.54) is 22.2 Å². The van der Waals surface area contributed by atoms with Crippen molar-refractivity contribution in [1.82, 2.24) is 20.2 Å². The van der Waals surface area contributed by atoms with Gasteiger partial charge in [-0.05, 0) is 45.1 Å². The Bertz CT molecular complexity index is 884. The fraction of sp³-hybridized carbons (Fsp3) is 0.556. The second-order valence-corrected chi connectivity index (χ2v) is 7.97. The first-order valence-electron chi connectivity index (χ1n) is 9.01. The monoisotopic (exact) mass is 376 g/mol. The molecular formula is C18H24N4O3S. The third kappa shape index (κ3) is 4.12. The van der Waals surface area contributed by atoms with Crippen LogP contribution in [0.3, 0.4) is 0 Å². The SMILES string of the molecule is CC(C)NC(=O)CNC(=O)CCn1cnc2sc3c(c2c1=O)CCCC3. The number of aromatic nitrogens is 2. The van der Waals surface area contributed by atoms with Crippen molar-refractivity contribution in [2.75, 3.05) is 6.54 Å². The Hall–Kier alpha value is -2.22. The average molecular weight is 376 g/mol. The fourth-order valence-corrected chi connectivity index (χ4v) is 4.42. The van der Waals surface area contributed by atoms with Gasteiger partial charge in [0, 0.05) is 23.9 Å². The number of thiophene rings is 1. The van der Waals surface area contributed by atoms with Gasteiger partial charge in [0.2, 0.25) is 11.8 Å². The van der Waals surface area contributed by atoms with Crippen LogP contribution in [0.25, 0.3) is 10.2 Å². The number of carbonyl (C=O) groups excluding carboxylic acids is 2. The zero-order chi connectivity index (χ0) is 18.7. The molecule has 2 aromatic rings. The zero-order valence-electron chi connectivity index (χ0n) is 15.1. The van der Waals surface area contributed by atoms with Crippen LogP contribution < -0.4 is 16.2 Å². The summed E-state index contributed by atoms with van der Waals surface area (Å²) in [5.41, 5.74) is 1.08. The van der Waals surface area contributed by atoms with Crippen LogP contribution in [0.2, 0.25) is 0 Å². The van der Waals surface area contributed by atoms with E-state index in [-0.39, 0.29) is 42.9 Å². The van der Waals surface area contributed by atoms with Gasteiger partial charge in [0.15, 0.2) is 0 Å². The normalized spacial score (nSPS) is 13.7. The maximum Gasteiger partial charge on any atom is 0.262 e. The van der Waals surface area contributed by atoms with Crippen LogP contribution >= 0.6 is 11.3 Å². The molecular weight excluding hydrogens is 352 g/mol. The minimum absolute atomic E-state index is 0.0346. The largest absolute Gasteiger partial charge is 0.352 e. The Balaban J connectivity index is 1.64. The van der Waals surface area contributed by atoms with Gasteiger partial charge in [-0.1, -0.05) is 0 Å². The van der Waals surface area contributed by atoms with Gasteiger partial charge in [-0.3, -0.25) is 19.0 Å². The van der Waals surface area contributed by atoms with Gasteiger partial charge in [-0.25, -0.2) is 4.98 Å². The molecule has 0 saturated heterocycles. The van der Waals surface area contributed by atoms with Gasteiger partial charge in [-0.15, -0.1) is 11.3 Å². The molecule has 0 radical (unpaired) electrons. The maximum absolute atomic E-state index is 12.8. The molecule has 26 heavy (non-hydrogen) atoms. The van der Waals surface area contributed by atoms with Crippen molar-refractivity contribution in [3.05, 3.63) is 27.1 Å². The lowest BCUT2D eigenvalue weighted by Gasteiger charge is -2.11. The highest BCUT2D eigenvalue weighted by atomic mass is 32.1. The van der Waals surface area contributed by atoms with E-state index < -0.39 is 0 Å². The predicted molar refractivity (Wildman–Crippen MR) is 101 cm³/mol. The fourth-order valence-electron chi connectivity index (χ4n) is 3.20. The molecule has 1 aliphatic carbocycles. The number of aryl methyl sites for hydroxylation is 3. The number of hydrogen-bond acceptors (Lipinski definition) is 5. The molecule has 0 bridgehead atoms. The van der Waals surface area contributed by atoms with E-state index in [1.807, 2.05) is 13.8 Å². The van der Waals surface area contributed by atoms with Crippen LogP contribution in [0.1, 0.15) is 43.6 Å². The standard InChI is InChI=1S/C18H24N4O3S/c1-11(2)21-15(24)9-19-14(23)7-8-22-10-20-17-16(18(22)25)12-5-3-4-6-13(12)26-17/h10-11H,3-9H2,1-2H3,(H,19,23)(H,21,24). The number of carbonyl (C=O) groups is 2. The van der Waals surface area contributed by atoms with E-state index in [0.29, 0.717) is 0 Å². The summed E-state index contributed by atoms with van der Waals surface area (Å²) < 4.78 is 1.50. The minimum Gasteiger partial charge on any atom is -0.352 e. The molecule has 2 heterocycles. The molecule has 7 nitrogen and oxygen atoms in total. The minimum atomic E-state index is -0.261. The second-order valence-electron chi connectivity index (χ2n) is 6.88. The van der Waals surface area contributed by atoms with E-state index in [4.69, 9.17) is 0 Å². The topological polar surface area (TPSA) is 93.1 Å². The summed E-state index contributed by atoms with van der Waals surface area (Å²) in [6.07, 6.45) is 5.88. The average Bonchev–Trinajstić information content (AvgIpc) is 2.98. The zero-order valence-corrected chi connectivity index (χ0v) is 15.9. The lowest BCUT2D eigenvalue weighted by molar-refractivity contribution is -0.126. The van der Waals surface area contributed by atoms with E-state index in [1.54, 1.807) is 11.3 Å². The van der Waals surface area contributed by atoms with E-state index in [9.17, 15) is 14.4 Å². The van der Waals surface area contributed by atoms with E-state index in [0.717, 1.165) is 35.0 Å². The van der Waals surface area contributed by atoms with Crippen LogP contribution in [-0.2, 0) is 29.0 Å². The Kier molecular flexibility index (Phi) is 5.70. The summed E-state index contributed by atoms with van der Waals surface area (Å²) in [4.78, 5) is 42.8. The van der Waals surface area contributed by atoms with Gasteiger partial charge >= 0.3 is 0 Å². The smallest absolute Gasteiger partial charge is 0.262 e. The molecule has 8 heteroatoms. The number of rotatable bonds is 6. The maximum atomic E-state index is 12.8. The van der Waals surface area contributed by atoms with Crippen molar-refractivity contribution in [2.45, 2.75) is 58.5 Å². The lowest BCUT2D eigenvalue weighted by atomic mass is 9.97. The third-order valence-corrected chi connectivity index (χ3v) is 5.62. The first-order valence-corrected chi connectivity index (χ1v) is 9.83. The number of fused-ring (bicyclic) bond motifs is 3. The Labute approximate surface area is 155 Å². The van der Waals surface area contributed by atoms with Crippen LogP contribution in [0.5, 0.6) is 0 Å². The Morgan fingerprint density at radius 1 is 1.27 bits per heavy atom. The van der Waals surface area contributed by atoms with Crippen molar-refractivity contribution in [3.8, 4) is 0 Å². The highest BCUT2D eigenvalue weighted by Crippen LogP contribution is 2.33. The Morgan fingerprint density at radius 2 is 2.04 bits per heavy atom. The van der Waals surface area contributed by atoms with Crippen molar-refractivity contribution in [1.29, 1.82) is 0 Å². The molecule has 2 amide bonds. The van der Waals surface area contributed by atoms with Crippen molar-refractivity contribution < 1.29 is 9.59 Å². The van der Waals surface area contributed by atoms with Gasteiger partial charge in [-0.2, -0.15) is 0 Å². The summed E-state index contributed by atoms with van der Waals surface area (Å²) in [5, 5.41) is 6.01. The van der Waals surface area contributed by atoms with Gasteiger partial charge in [0.05, 0.1) is 18.3 Å². The molecule has 0 fully saturated rings. The predicted octanol–water partition coefficient (Wildman–Crippen LogP) is 1.37. The van der Waals surface area contributed by atoms with E-state index in [2.05, 4.69) is 15.6 Å². The summed E-state index contributed by atoms with van der Waals surface area (Å²) in [7, 11) is 0. The first kappa shape index (κ1) is 18.6. The van der Waals surface area contributed by atoms with Gasteiger partial charge in [0.25, 0.3) is 5.56 Å². The summed E-state index contributed by atoms with van der Waals surface area (Å²) in [6, 6.07) is 0.0346. The number of nitrogens with zero attached hydrogens (tertiary/aromatic N) is 2. The Morgan fingerprint density at radius 3 is 2.81 bits per heavy atom. The molecule has 0 saturated carbocycles. The van der Waals surface area contributed by atoms with Crippen LogP contribution in [0, 0.1) is 0 Å². The third-order valence-electron chi connectivity index (χ3n) is 4.42. The number of hydrogen-bond donors (Lipinski definition) is 2. The van der Waals surface area contributed by atoms with Crippen molar-refractivity contribution in [2.24, 2.45) is 0 Å². The molecule has 3 rings (SSSR count). The van der Waals surface area contributed by atoms with Gasteiger partial charge in [0.1, 0.15) is 4.83 Å². The number of amides is 2. The van der Waals surface area contributed by atoms with Crippen molar-refractivity contribution >= 4 is 33.4 Å².